The first-order chi connectivity index (χ1) is 4.70. The zero-order valence-corrected chi connectivity index (χ0v) is 7.35. The fourth-order valence-corrected chi connectivity index (χ4v) is 1.72. The number of rotatable bonds is 2. The van der Waals surface area contributed by atoms with E-state index >= 15 is 0 Å². The van der Waals surface area contributed by atoms with E-state index in [1.54, 1.807) is 0 Å². The van der Waals surface area contributed by atoms with Crippen LogP contribution in [-0.4, -0.2) is 12.6 Å². The molecule has 1 N–H and O–H groups in total. The minimum absolute atomic E-state index is 0.806. The molecule has 0 aromatic heterocycles. The van der Waals surface area contributed by atoms with Crippen LogP contribution < -0.4 is 5.32 Å². The molecule has 1 aliphatic heterocycles. The number of hydrogen-bond acceptors (Lipinski definition) is 1. The maximum absolute atomic E-state index is 3.54. The fourth-order valence-electron chi connectivity index (χ4n) is 1.72. The van der Waals surface area contributed by atoms with Gasteiger partial charge >= 0.3 is 0 Å². The molecular formula is C9H19N. The summed E-state index contributed by atoms with van der Waals surface area (Å²) in [6.45, 7) is 8.19. The molecule has 0 bridgehead atoms. The van der Waals surface area contributed by atoms with Crippen molar-refractivity contribution in [2.45, 2.75) is 39.7 Å². The molecule has 1 saturated heterocycles. The summed E-state index contributed by atoms with van der Waals surface area (Å²) in [5.74, 6) is 1.75. The van der Waals surface area contributed by atoms with Gasteiger partial charge in [-0.25, -0.2) is 0 Å². The van der Waals surface area contributed by atoms with E-state index in [0.29, 0.717) is 0 Å². The molecule has 1 heteroatoms. The lowest BCUT2D eigenvalue weighted by Gasteiger charge is -2.17. The molecule has 1 fully saturated rings. The topological polar surface area (TPSA) is 12.0 Å². The van der Waals surface area contributed by atoms with E-state index in [1.165, 1.54) is 19.4 Å². The molecule has 10 heavy (non-hydrogen) atoms. The van der Waals surface area contributed by atoms with Gasteiger partial charge < -0.3 is 5.32 Å². The van der Waals surface area contributed by atoms with E-state index in [9.17, 15) is 0 Å². The molecule has 2 atom stereocenters. The highest BCUT2D eigenvalue weighted by Crippen LogP contribution is 2.20. The summed E-state index contributed by atoms with van der Waals surface area (Å²) in [6, 6.07) is 0.806. The Morgan fingerprint density at radius 1 is 1.50 bits per heavy atom. The molecule has 0 aromatic carbocycles. The number of nitrogens with one attached hydrogen (secondary N) is 1. The minimum Gasteiger partial charge on any atom is -0.314 e. The van der Waals surface area contributed by atoms with E-state index in [-0.39, 0.29) is 0 Å². The maximum atomic E-state index is 3.54. The van der Waals surface area contributed by atoms with Gasteiger partial charge in [-0.2, -0.15) is 0 Å². The second-order valence-electron chi connectivity index (χ2n) is 3.96. The Bertz CT molecular complexity index is 98.9. The molecule has 0 radical (unpaired) electrons. The van der Waals surface area contributed by atoms with Crippen molar-refractivity contribution >= 4 is 0 Å². The van der Waals surface area contributed by atoms with E-state index in [4.69, 9.17) is 0 Å². The van der Waals surface area contributed by atoms with Crippen LogP contribution in [0.1, 0.15) is 33.6 Å². The Balaban J connectivity index is 2.26. The standard InChI is InChI=1S/C9H19N/c1-7(2)6-9-8(3)4-5-10-9/h7-10H,4-6H2,1-3H3/t8-,9-/m0/s1. The quantitative estimate of drug-likeness (QED) is 0.620. The van der Waals surface area contributed by atoms with Crippen molar-refractivity contribution in [3.05, 3.63) is 0 Å². The summed E-state index contributed by atoms with van der Waals surface area (Å²) in [5, 5.41) is 3.54. The van der Waals surface area contributed by atoms with Gasteiger partial charge in [-0.3, -0.25) is 0 Å². The highest BCUT2D eigenvalue weighted by Gasteiger charge is 2.22. The van der Waals surface area contributed by atoms with Gasteiger partial charge in [0, 0.05) is 6.04 Å². The molecule has 0 spiro atoms. The van der Waals surface area contributed by atoms with E-state index < -0.39 is 0 Å². The Morgan fingerprint density at radius 2 is 2.20 bits per heavy atom. The second kappa shape index (κ2) is 3.38. The third kappa shape index (κ3) is 1.98. The van der Waals surface area contributed by atoms with Crippen LogP contribution in [0.2, 0.25) is 0 Å². The highest BCUT2D eigenvalue weighted by atomic mass is 14.9. The molecule has 1 nitrogen and oxygen atoms in total. The predicted octanol–water partition coefficient (Wildman–Crippen LogP) is 2.03. The van der Waals surface area contributed by atoms with Crippen LogP contribution in [0, 0.1) is 11.8 Å². The summed E-state index contributed by atoms with van der Waals surface area (Å²) in [6.07, 6.45) is 2.72. The van der Waals surface area contributed by atoms with Gasteiger partial charge in [-0.15, -0.1) is 0 Å². The summed E-state index contributed by atoms with van der Waals surface area (Å²) in [4.78, 5) is 0. The minimum atomic E-state index is 0.806. The van der Waals surface area contributed by atoms with E-state index in [0.717, 1.165) is 17.9 Å². The van der Waals surface area contributed by atoms with Crippen LogP contribution in [0.5, 0.6) is 0 Å². The van der Waals surface area contributed by atoms with Crippen molar-refractivity contribution in [2.24, 2.45) is 11.8 Å². The van der Waals surface area contributed by atoms with Crippen molar-refractivity contribution in [1.29, 1.82) is 0 Å². The molecular weight excluding hydrogens is 122 g/mol. The first-order valence-electron chi connectivity index (χ1n) is 4.43. The van der Waals surface area contributed by atoms with Crippen LogP contribution in [0.4, 0.5) is 0 Å². The molecule has 0 aliphatic carbocycles. The third-order valence-corrected chi connectivity index (χ3v) is 2.42. The van der Waals surface area contributed by atoms with Crippen molar-refractivity contribution in [2.75, 3.05) is 6.54 Å². The van der Waals surface area contributed by atoms with Gasteiger partial charge in [0.05, 0.1) is 0 Å². The van der Waals surface area contributed by atoms with Gasteiger partial charge in [-0.05, 0) is 31.2 Å². The SMILES string of the molecule is CC(C)C[C@@H]1NCC[C@@H]1C. The Kier molecular flexibility index (Phi) is 2.72. The zero-order chi connectivity index (χ0) is 7.56. The average molecular weight is 141 g/mol. The molecule has 1 rings (SSSR count). The molecule has 0 amide bonds. The predicted molar refractivity (Wildman–Crippen MR) is 45.0 cm³/mol. The molecule has 0 aromatic rings. The Labute approximate surface area is 64.2 Å². The first-order valence-corrected chi connectivity index (χ1v) is 4.43. The molecule has 60 valence electrons. The largest absolute Gasteiger partial charge is 0.314 e. The summed E-state index contributed by atoms with van der Waals surface area (Å²) in [7, 11) is 0. The highest BCUT2D eigenvalue weighted by molar-refractivity contribution is 4.81. The van der Waals surface area contributed by atoms with Crippen molar-refractivity contribution < 1.29 is 0 Å². The molecule has 1 heterocycles. The Hall–Kier alpha value is -0.0400. The molecule has 0 saturated carbocycles. The van der Waals surface area contributed by atoms with E-state index in [2.05, 4.69) is 26.1 Å². The van der Waals surface area contributed by atoms with E-state index in [1.807, 2.05) is 0 Å². The third-order valence-electron chi connectivity index (χ3n) is 2.42. The Morgan fingerprint density at radius 3 is 2.60 bits per heavy atom. The zero-order valence-electron chi connectivity index (χ0n) is 7.35. The van der Waals surface area contributed by atoms with Crippen LogP contribution in [0.15, 0.2) is 0 Å². The lowest BCUT2D eigenvalue weighted by atomic mass is 9.95. The van der Waals surface area contributed by atoms with Crippen molar-refractivity contribution in [3.8, 4) is 0 Å². The summed E-state index contributed by atoms with van der Waals surface area (Å²) >= 11 is 0. The number of hydrogen-bond donors (Lipinski definition) is 1. The van der Waals surface area contributed by atoms with Crippen LogP contribution in [0.3, 0.4) is 0 Å². The lowest BCUT2D eigenvalue weighted by molar-refractivity contribution is 0.396. The van der Waals surface area contributed by atoms with Crippen LogP contribution in [-0.2, 0) is 0 Å². The van der Waals surface area contributed by atoms with Crippen LogP contribution in [0.25, 0.3) is 0 Å². The van der Waals surface area contributed by atoms with Crippen molar-refractivity contribution in [1.82, 2.24) is 5.32 Å². The summed E-state index contributed by atoms with van der Waals surface area (Å²) in [5.41, 5.74) is 0. The average Bonchev–Trinajstić information content (AvgIpc) is 2.15. The first kappa shape index (κ1) is 8.06. The van der Waals surface area contributed by atoms with Crippen molar-refractivity contribution in [3.63, 3.8) is 0 Å². The lowest BCUT2D eigenvalue weighted by Crippen LogP contribution is -2.27. The van der Waals surface area contributed by atoms with Gasteiger partial charge in [0.1, 0.15) is 0 Å². The normalized spacial score (nSPS) is 33.6. The van der Waals surface area contributed by atoms with Gasteiger partial charge in [0.25, 0.3) is 0 Å². The monoisotopic (exact) mass is 141 g/mol. The van der Waals surface area contributed by atoms with Gasteiger partial charge in [-0.1, -0.05) is 20.8 Å². The second-order valence-corrected chi connectivity index (χ2v) is 3.96. The van der Waals surface area contributed by atoms with Gasteiger partial charge in [0.15, 0.2) is 0 Å². The molecule has 1 aliphatic rings. The van der Waals surface area contributed by atoms with Gasteiger partial charge in [0.2, 0.25) is 0 Å². The smallest absolute Gasteiger partial charge is 0.00956 e. The molecule has 0 unspecified atom stereocenters. The fraction of sp³-hybridized carbons (Fsp3) is 1.00. The maximum Gasteiger partial charge on any atom is 0.00956 e. The summed E-state index contributed by atoms with van der Waals surface area (Å²) < 4.78 is 0. The van der Waals surface area contributed by atoms with Crippen LogP contribution >= 0.6 is 0 Å².